The van der Waals surface area contributed by atoms with Gasteiger partial charge in [0.25, 0.3) is 0 Å². The normalized spacial score (nSPS) is 11.3. The fourth-order valence-corrected chi connectivity index (χ4v) is 3.12. The van der Waals surface area contributed by atoms with Crippen LogP contribution in [0.5, 0.6) is 5.75 Å². The van der Waals surface area contributed by atoms with E-state index >= 15 is 0 Å². The Hall–Kier alpha value is -2.89. The summed E-state index contributed by atoms with van der Waals surface area (Å²) in [4.78, 5) is 16.1. The molecule has 2 heterocycles. The third-order valence-corrected chi connectivity index (χ3v) is 4.38. The minimum absolute atomic E-state index is 0.220. The Bertz CT molecular complexity index is 960. The van der Waals surface area contributed by atoms with Crippen molar-refractivity contribution in [1.82, 2.24) is 14.8 Å². The number of nitrogens with zero attached hydrogens (tertiary/aromatic N) is 3. The van der Waals surface area contributed by atoms with Crippen LogP contribution in [0.4, 0.5) is 0 Å². The summed E-state index contributed by atoms with van der Waals surface area (Å²) in [5.41, 5.74) is 9.50. The fourth-order valence-electron chi connectivity index (χ4n) is 3.12. The molecule has 0 aliphatic heterocycles. The molecule has 0 aliphatic rings. The maximum atomic E-state index is 11.5. The maximum Gasteiger partial charge on any atom is 0.248 e. The van der Waals surface area contributed by atoms with Crippen molar-refractivity contribution >= 4 is 16.9 Å². The summed E-state index contributed by atoms with van der Waals surface area (Å²) in [5, 5.41) is 5.78. The van der Waals surface area contributed by atoms with Crippen LogP contribution in [0.25, 0.3) is 16.7 Å². The lowest BCUT2D eigenvalue weighted by molar-refractivity contribution is 0.1000. The van der Waals surface area contributed by atoms with Crippen LogP contribution in [-0.4, -0.2) is 27.3 Å². The minimum Gasteiger partial charge on any atom is -0.493 e. The first-order chi connectivity index (χ1) is 12.5. The number of hydrogen-bond acceptors (Lipinski definition) is 4. The van der Waals surface area contributed by atoms with Crippen LogP contribution in [0.15, 0.2) is 30.5 Å². The summed E-state index contributed by atoms with van der Waals surface area (Å²) in [6.07, 6.45) is 2.49. The molecule has 0 fully saturated rings. The molecule has 6 heteroatoms. The van der Waals surface area contributed by atoms with Crippen LogP contribution in [-0.2, 0) is 6.42 Å². The Balaban J connectivity index is 2.29. The Labute approximate surface area is 153 Å². The van der Waals surface area contributed by atoms with E-state index in [4.69, 9.17) is 15.6 Å². The molecule has 2 N–H and O–H groups in total. The summed E-state index contributed by atoms with van der Waals surface area (Å²) >= 11 is 0. The van der Waals surface area contributed by atoms with E-state index in [2.05, 4.69) is 18.8 Å². The van der Waals surface area contributed by atoms with Gasteiger partial charge in [-0.25, -0.2) is 9.67 Å². The van der Waals surface area contributed by atoms with Crippen LogP contribution in [0.1, 0.15) is 55.2 Å². The zero-order valence-corrected chi connectivity index (χ0v) is 15.6. The van der Waals surface area contributed by atoms with Gasteiger partial charge in [0.1, 0.15) is 5.75 Å². The van der Waals surface area contributed by atoms with E-state index in [0.29, 0.717) is 12.2 Å². The van der Waals surface area contributed by atoms with Crippen molar-refractivity contribution in [3.05, 3.63) is 47.3 Å². The molecule has 0 spiro atoms. The van der Waals surface area contributed by atoms with Crippen molar-refractivity contribution in [1.29, 1.82) is 0 Å². The van der Waals surface area contributed by atoms with Gasteiger partial charge in [-0.2, -0.15) is 5.10 Å². The van der Waals surface area contributed by atoms with Crippen molar-refractivity contribution in [2.24, 2.45) is 5.73 Å². The van der Waals surface area contributed by atoms with E-state index in [-0.39, 0.29) is 5.92 Å². The van der Waals surface area contributed by atoms with E-state index in [9.17, 15) is 4.79 Å². The van der Waals surface area contributed by atoms with Gasteiger partial charge in [-0.3, -0.25) is 4.79 Å². The Kier molecular flexibility index (Phi) is 4.93. The molecule has 3 rings (SSSR count). The van der Waals surface area contributed by atoms with Crippen molar-refractivity contribution in [2.45, 2.75) is 40.0 Å². The van der Waals surface area contributed by atoms with Crippen LogP contribution < -0.4 is 10.5 Å². The van der Waals surface area contributed by atoms with E-state index in [0.717, 1.165) is 40.1 Å². The van der Waals surface area contributed by atoms with Gasteiger partial charge in [0, 0.05) is 11.8 Å². The number of primary amides is 1. The molecule has 6 nitrogen and oxygen atoms in total. The van der Waals surface area contributed by atoms with E-state index in [1.165, 1.54) is 0 Å². The van der Waals surface area contributed by atoms with Gasteiger partial charge in [0.2, 0.25) is 5.91 Å². The second-order valence-electron chi connectivity index (χ2n) is 6.45. The number of nitrogens with two attached hydrogens (primary N) is 1. The number of carbonyl (C=O) groups excluding carboxylic acids is 1. The monoisotopic (exact) mass is 352 g/mol. The first-order valence-corrected chi connectivity index (χ1v) is 8.91. The molecule has 0 saturated carbocycles. The fraction of sp³-hybridized carbons (Fsp3) is 0.350. The smallest absolute Gasteiger partial charge is 0.248 e. The number of fused-ring (bicyclic) bond motifs is 1. The average Bonchev–Trinajstić information content (AvgIpc) is 3.02. The molecule has 0 saturated heterocycles. The standard InChI is InChI=1S/C20H24N4O2/c1-5-13-11-14(19(21)25)7-8-15(13)24-20-17(18(23-24)12(3)4)16(26-6-2)9-10-22-20/h7-12H,5-6H2,1-4H3,(H2,21,25). The number of amides is 1. The van der Waals surface area contributed by atoms with Crippen molar-refractivity contribution in [3.63, 3.8) is 0 Å². The third-order valence-electron chi connectivity index (χ3n) is 4.38. The summed E-state index contributed by atoms with van der Waals surface area (Å²) in [6.45, 7) is 8.79. The van der Waals surface area contributed by atoms with E-state index < -0.39 is 5.91 Å². The first kappa shape index (κ1) is 17.9. The summed E-state index contributed by atoms with van der Waals surface area (Å²) in [6, 6.07) is 7.31. The summed E-state index contributed by atoms with van der Waals surface area (Å²) in [5.74, 6) is 0.576. The SMILES string of the molecule is CCOc1ccnc2c1c(C(C)C)nn2-c1ccc(C(N)=O)cc1CC. The molecule has 1 amide bonds. The molecule has 26 heavy (non-hydrogen) atoms. The van der Waals surface area contributed by atoms with E-state index in [1.54, 1.807) is 12.3 Å². The molecule has 136 valence electrons. The number of ether oxygens (including phenoxy) is 1. The zero-order chi connectivity index (χ0) is 18.8. The molecule has 0 radical (unpaired) electrons. The lowest BCUT2D eigenvalue weighted by Gasteiger charge is -2.10. The van der Waals surface area contributed by atoms with Crippen LogP contribution in [0.3, 0.4) is 0 Å². The maximum absolute atomic E-state index is 11.5. The number of aromatic nitrogens is 3. The number of pyridine rings is 1. The van der Waals surface area contributed by atoms with Crippen molar-refractivity contribution < 1.29 is 9.53 Å². The Morgan fingerprint density at radius 2 is 2.04 bits per heavy atom. The lowest BCUT2D eigenvalue weighted by Crippen LogP contribution is -2.12. The van der Waals surface area contributed by atoms with Crippen LogP contribution in [0, 0.1) is 0 Å². The molecule has 0 unspecified atom stereocenters. The van der Waals surface area contributed by atoms with Gasteiger partial charge in [-0.15, -0.1) is 0 Å². The number of carbonyl (C=O) groups is 1. The highest BCUT2D eigenvalue weighted by Gasteiger charge is 2.21. The van der Waals surface area contributed by atoms with Gasteiger partial charge < -0.3 is 10.5 Å². The molecule has 0 bridgehead atoms. The van der Waals surface area contributed by atoms with Gasteiger partial charge >= 0.3 is 0 Å². The largest absolute Gasteiger partial charge is 0.493 e. The van der Waals surface area contributed by atoms with Gasteiger partial charge in [-0.05, 0) is 49.1 Å². The van der Waals surface area contributed by atoms with Crippen molar-refractivity contribution in [3.8, 4) is 11.4 Å². The molecule has 1 aromatic carbocycles. The van der Waals surface area contributed by atoms with E-state index in [1.807, 2.05) is 36.7 Å². The summed E-state index contributed by atoms with van der Waals surface area (Å²) in [7, 11) is 0. The average molecular weight is 352 g/mol. The number of hydrogen-bond donors (Lipinski definition) is 1. The molecule has 2 aromatic heterocycles. The predicted molar refractivity (Wildman–Crippen MR) is 102 cm³/mol. The summed E-state index contributed by atoms with van der Waals surface area (Å²) < 4.78 is 7.66. The highest BCUT2D eigenvalue weighted by atomic mass is 16.5. The third kappa shape index (κ3) is 3.03. The molecule has 0 atom stereocenters. The Morgan fingerprint density at radius 1 is 1.27 bits per heavy atom. The van der Waals surface area contributed by atoms with Gasteiger partial charge in [0.05, 0.1) is 23.4 Å². The predicted octanol–water partition coefficient (Wildman–Crippen LogP) is 3.60. The lowest BCUT2D eigenvalue weighted by atomic mass is 10.1. The molecular formula is C20H24N4O2. The highest BCUT2D eigenvalue weighted by molar-refractivity contribution is 5.93. The number of aryl methyl sites for hydroxylation is 1. The Morgan fingerprint density at radius 3 is 2.65 bits per heavy atom. The topological polar surface area (TPSA) is 83.0 Å². The van der Waals surface area contributed by atoms with Gasteiger partial charge in [-0.1, -0.05) is 20.8 Å². The second-order valence-corrected chi connectivity index (χ2v) is 6.45. The molecule has 0 aliphatic carbocycles. The van der Waals surface area contributed by atoms with Crippen LogP contribution >= 0.6 is 0 Å². The van der Waals surface area contributed by atoms with Gasteiger partial charge in [0.15, 0.2) is 5.65 Å². The molecular weight excluding hydrogens is 328 g/mol. The second kappa shape index (κ2) is 7.15. The zero-order valence-electron chi connectivity index (χ0n) is 15.6. The van der Waals surface area contributed by atoms with Crippen molar-refractivity contribution in [2.75, 3.05) is 6.61 Å². The number of benzene rings is 1. The first-order valence-electron chi connectivity index (χ1n) is 8.91. The minimum atomic E-state index is -0.434. The van der Waals surface area contributed by atoms with Crippen LogP contribution in [0.2, 0.25) is 0 Å². The quantitative estimate of drug-likeness (QED) is 0.735. The molecule has 3 aromatic rings. The number of rotatable bonds is 6. The highest BCUT2D eigenvalue weighted by Crippen LogP contribution is 2.33.